The van der Waals surface area contributed by atoms with E-state index < -0.39 is 9.84 Å². The molecule has 0 aliphatic rings. The lowest BCUT2D eigenvalue weighted by atomic mass is 10.2. The van der Waals surface area contributed by atoms with Crippen LogP contribution in [0.3, 0.4) is 0 Å². The summed E-state index contributed by atoms with van der Waals surface area (Å²) in [6.45, 7) is 4.12. The maximum Gasteiger partial charge on any atom is 0.273 e. The van der Waals surface area contributed by atoms with Gasteiger partial charge in [0.15, 0.2) is 0 Å². The minimum atomic E-state index is -3.89. The Bertz CT molecular complexity index is 1100. The molecule has 0 saturated carbocycles. The quantitative estimate of drug-likeness (QED) is 0.383. The van der Waals surface area contributed by atoms with Crippen molar-refractivity contribution in [3.05, 3.63) is 46.4 Å². The highest BCUT2D eigenvalue weighted by molar-refractivity contribution is 7.91. The summed E-state index contributed by atoms with van der Waals surface area (Å²) in [5.41, 5.74) is 3.10. The van der Waals surface area contributed by atoms with Crippen molar-refractivity contribution < 1.29 is 8.42 Å². The number of hydrogen-bond acceptors (Lipinski definition) is 6. The van der Waals surface area contributed by atoms with E-state index in [-0.39, 0.29) is 10.3 Å². The zero-order valence-electron chi connectivity index (χ0n) is 16.2. The number of imidazole rings is 2. The van der Waals surface area contributed by atoms with Gasteiger partial charge >= 0.3 is 0 Å². The lowest BCUT2D eigenvalue weighted by Gasteiger charge is -1.97. The third kappa shape index (κ3) is 3.82. The molecule has 0 spiro atoms. The van der Waals surface area contributed by atoms with Gasteiger partial charge in [0.25, 0.3) is 9.84 Å². The zero-order valence-corrected chi connectivity index (χ0v) is 18.7. The fourth-order valence-electron chi connectivity index (χ4n) is 3.21. The largest absolute Gasteiger partial charge is 0.332 e. The molecule has 0 aromatic carbocycles. The summed E-state index contributed by atoms with van der Waals surface area (Å²) in [6, 6.07) is 7.79. The number of H-pyrrole nitrogens is 2. The van der Waals surface area contributed by atoms with Crippen LogP contribution in [0.25, 0.3) is 21.1 Å². The molecular formula is C20H22N4O2S3. The lowest BCUT2D eigenvalue weighted by molar-refractivity contribution is 0.580. The highest BCUT2D eigenvalue weighted by Crippen LogP contribution is 2.32. The molecule has 0 atom stereocenters. The first kappa shape index (κ1) is 20.1. The standard InChI is InChI=1S/C20H22N4O2S3/c1-3-7-13-17(15-9-5-11-27-15)23-19(21-13)29(25,26)20-22-14(8-4-2)18(24-20)16-10-6-12-28-16/h5-6,9-12H,3-4,7-8H2,1-2H3,(H,21,23)(H,22,24). The number of aryl methyl sites for hydroxylation is 2. The Morgan fingerprint density at radius 3 is 1.62 bits per heavy atom. The van der Waals surface area contributed by atoms with Crippen LogP contribution in [0, 0.1) is 0 Å². The van der Waals surface area contributed by atoms with E-state index in [4.69, 9.17) is 0 Å². The van der Waals surface area contributed by atoms with Crippen LogP contribution < -0.4 is 0 Å². The number of thiophene rings is 2. The molecule has 0 aliphatic carbocycles. The molecule has 4 aromatic rings. The van der Waals surface area contributed by atoms with E-state index in [0.717, 1.165) is 46.8 Å². The minimum Gasteiger partial charge on any atom is -0.332 e. The Hall–Kier alpha value is -2.23. The molecule has 0 bridgehead atoms. The number of aromatic nitrogens is 4. The highest BCUT2D eigenvalue weighted by Gasteiger charge is 2.29. The summed E-state index contributed by atoms with van der Waals surface area (Å²) >= 11 is 3.10. The van der Waals surface area contributed by atoms with E-state index >= 15 is 0 Å². The average molecular weight is 447 g/mol. The van der Waals surface area contributed by atoms with Gasteiger partial charge in [-0.25, -0.2) is 18.4 Å². The van der Waals surface area contributed by atoms with Crippen molar-refractivity contribution in [1.82, 2.24) is 19.9 Å². The summed E-state index contributed by atoms with van der Waals surface area (Å²) in [5.74, 6) is 0. The van der Waals surface area contributed by atoms with Gasteiger partial charge in [0.2, 0.25) is 10.3 Å². The Kier molecular flexibility index (Phi) is 5.71. The number of nitrogens with one attached hydrogen (secondary N) is 2. The molecule has 2 N–H and O–H groups in total. The fourth-order valence-corrected chi connectivity index (χ4v) is 5.82. The van der Waals surface area contributed by atoms with Crippen molar-refractivity contribution in [2.24, 2.45) is 0 Å². The lowest BCUT2D eigenvalue weighted by Crippen LogP contribution is -2.06. The van der Waals surface area contributed by atoms with Gasteiger partial charge < -0.3 is 9.97 Å². The maximum atomic E-state index is 13.3. The first-order valence-electron chi connectivity index (χ1n) is 9.55. The molecule has 0 aliphatic heterocycles. The molecule has 29 heavy (non-hydrogen) atoms. The van der Waals surface area contributed by atoms with E-state index in [0.29, 0.717) is 11.4 Å². The van der Waals surface area contributed by atoms with Gasteiger partial charge in [-0.1, -0.05) is 38.8 Å². The Labute approximate surface area is 178 Å². The van der Waals surface area contributed by atoms with Crippen LogP contribution in [0.2, 0.25) is 0 Å². The number of rotatable bonds is 8. The SMILES string of the molecule is CCCc1[nH]c(S(=O)(=O)c2nc(-c3cccs3)c(CCC)[nH]2)nc1-c1cccs1. The van der Waals surface area contributed by atoms with Crippen LogP contribution in [0.4, 0.5) is 0 Å². The molecule has 0 unspecified atom stereocenters. The molecule has 0 amide bonds. The van der Waals surface area contributed by atoms with Crippen molar-refractivity contribution in [3.63, 3.8) is 0 Å². The highest BCUT2D eigenvalue weighted by atomic mass is 32.2. The normalized spacial score (nSPS) is 11.9. The summed E-state index contributed by atoms with van der Waals surface area (Å²) in [7, 11) is -3.89. The van der Waals surface area contributed by atoms with E-state index in [1.54, 1.807) is 22.7 Å². The van der Waals surface area contributed by atoms with Gasteiger partial charge in [0, 0.05) is 11.4 Å². The van der Waals surface area contributed by atoms with Gasteiger partial charge in [0.05, 0.1) is 9.75 Å². The second kappa shape index (κ2) is 8.25. The summed E-state index contributed by atoms with van der Waals surface area (Å²) < 4.78 is 26.7. The molecular weight excluding hydrogens is 424 g/mol. The second-order valence-electron chi connectivity index (χ2n) is 6.70. The predicted octanol–water partition coefficient (Wildman–Crippen LogP) is 5.33. The van der Waals surface area contributed by atoms with Crippen molar-refractivity contribution in [2.75, 3.05) is 0 Å². The van der Waals surface area contributed by atoms with Gasteiger partial charge in [-0.2, -0.15) is 0 Å². The minimum absolute atomic E-state index is 0.0566. The maximum absolute atomic E-state index is 13.3. The van der Waals surface area contributed by atoms with E-state index in [1.807, 2.05) is 35.0 Å². The van der Waals surface area contributed by atoms with Gasteiger partial charge in [-0.05, 0) is 35.7 Å². The fraction of sp³-hybridized carbons (Fsp3) is 0.300. The summed E-state index contributed by atoms with van der Waals surface area (Å²) in [5, 5.41) is 3.81. The number of sulfone groups is 1. The van der Waals surface area contributed by atoms with E-state index in [2.05, 4.69) is 33.8 Å². The van der Waals surface area contributed by atoms with Gasteiger partial charge in [-0.3, -0.25) is 0 Å². The molecule has 152 valence electrons. The van der Waals surface area contributed by atoms with Crippen LogP contribution in [-0.4, -0.2) is 28.4 Å². The van der Waals surface area contributed by atoms with Crippen molar-refractivity contribution in [1.29, 1.82) is 0 Å². The predicted molar refractivity (Wildman–Crippen MR) is 117 cm³/mol. The van der Waals surface area contributed by atoms with Gasteiger partial charge in [0.1, 0.15) is 11.4 Å². The van der Waals surface area contributed by atoms with Gasteiger partial charge in [-0.15, -0.1) is 22.7 Å². The summed E-state index contributed by atoms with van der Waals surface area (Å²) in [6.07, 6.45) is 3.25. The Balaban J connectivity index is 1.80. The molecule has 4 rings (SSSR count). The second-order valence-corrected chi connectivity index (χ2v) is 10.4. The molecule has 6 nitrogen and oxygen atoms in total. The topological polar surface area (TPSA) is 91.5 Å². The Morgan fingerprint density at radius 1 is 0.828 bits per heavy atom. The third-order valence-corrected chi connectivity index (χ3v) is 7.69. The summed E-state index contributed by atoms with van der Waals surface area (Å²) in [4.78, 5) is 17.0. The Morgan fingerprint density at radius 2 is 1.28 bits per heavy atom. The molecule has 9 heteroatoms. The first-order chi connectivity index (χ1) is 14.0. The molecule has 0 radical (unpaired) electrons. The van der Waals surface area contributed by atoms with Crippen LogP contribution in [0.1, 0.15) is 38.1 Å². The van der Waals surface area contributed by atoms with Crippen LogP contribution in [0.15, 0.2) is 45.3 Å². The number of aromatic amines is 2. The smallest absolute Gasteiger partial charge is 0.273 e. The zero-order chi connectivity index (χ0) is 20.4. The van der Waals surface area contributed by atoms with E-state index in [9.17, 15) is 8.42 Å². The van der Waals surface area contributed by atoms with Crippen LogP contribution in [0.5, 0.6) is 0 Å². The van der Waals surface area contributed by atoms with Crippen LogP contribution in [-0.2, 0) is 22.7 Å². The molecule has 0 fully saturated rings. The third-order valence-electron chi connectivity index (χ3n) is 4.53. The monoisotopic (exact) mass is 446 g/mol. The average Bonchev–Trinajstić information content (AvgIpc) is 3.47. The van der Waals surface area contributed by atoms with Crippen molar-refractivity contribution >= 4 is 32.5 Å². The van der Waals surface area contributed by atoms with E-state index in [1.165, 1.54) is 0 Å². The molecule has 4 aromatic heterocycles. The molecule has 0 saturated heterocycles. The number of nitrogens with zero attached hydrogens (tertiary/aromatic N) is 2. The number of hydrogen-bond donors (Lipinski definition) is 2. The first-order valence-corrected chi connectivity index (χ1v) is 12.8. The molecule has 4 heterocycles. The van der Waals surface area contributed by atoms with Crippen molar-refractivity contribution in [2.45, 2.75) is 49.8 Å². The van der Waals surface area contributed by atoms with Crippen molar-refractivity contribution in [3.8, 4) is 21.1 Å². The van der Waals surface area contributed by atoms with Crippen LogP contribution >= 0.6 is 22.7 Å².